The summed E-state index contributed by atoms with van der Waals surface area (Å²) in [6.07, 6.45) is 3.55. The number of hydrogen-bond acceptors (Lipinski definition) is 5. The second kappa shape index (κ2) is 5.41. The summed E-state index contributed by atoms with van der Waals surface area (Å²) >= 11 is 13.5. The van der Waals surface area contributed by atoms with E-state index in [2.05, 4.69) is 9.88 Å². The summed E-state index contributed by atoms with van der Waals surface area (Å²) in [7, 11) is 0. The first kappa shape index (κ1) is 14.3. The molecule has 1 fully saturated rings. The predicted molar refractivity (Wildman–Crippen MR) is 91.7 cm³/mol. The number of benzene rings is 1. The van der Waals surface area contributed by atoms with Gasteiger partial charge < -0.3 is 9.32 Å². The third-order valence-electron chi connectivity index (χ3n) is 3.87. The van der Waals surface area contributed by atoms with Gasteiger partial charge in [0, 0.05) is 18.1 Å². The maximum atomic E-state index is 12.7. The molecule has 7 heteroatoms. The lowest BCUT2D eigenvalue weighted by Crippen LogP contribution is -2.29. The smallest absolute Gasteiger partial charge is 0.243 e. The second-order valence-electron chi connectivity index (χ2n) is 5.37. The number of aromatic nitrogens is 1. The van der Waals surface area contributed by atoms with E-state index in [1.807, 2.05) is 0 Å². The molecule has 1 saturated heterocycles. The number of piperidine rings is 1. The third kappa shape index (κ3) is 2.28. The molecular formula is C15H12Cl2N2O2S. The van der Waals surface area contributed by atoms with E-state index in [4.69, 9.17) is 27.6 Å². The van der Waals surface area contributed by atoms with E-state index < -0.39 is 0 Å². The lowest BCUT2D eigenvalue weighted by Gasteiger charge is -2.25. The van der Waals surface area contributed by atoms with Gasteiger partial charge >= 0.3 is 0 Å². The van der Waals surface area contributed by atoms with E-state index in [0.29, 0.717) is 31.4 Å². The Morgan fingerprint density at radius 2 is 1.95 bits per heavy atom. The summed E-state index contributed by atoms with van der Waals surface area (Å²) in [6, 6.07) is 3.16. The van der Waals surface area contributed by atoms with Crippen LogP contribution in [0.4, 0.5) is 5.13 Å². The van der Waals surface area contributed by atoms with Crippen LogP contribution in [0.15, 0.2) is 21.3 Å². The van der Waals surface area contributed by atoms with Crippen molar-refractivity contribution in [1.29, 1.82) is 0 Å². The molecule has 4 rings (SSSR count). The molecule has 1 aliphatic heterocycles. The summed E-state index contributed by atoms with van der Waals surface area (Å²) in [5, 5.41) is 1.99. The number of rotatable bonds is 1. The zero-order valence-electron chi connectivity index (χ0n) is 11.6. The first-order valence-corrected chi connectivity index (χ1v) is 8.68. The highest BCUT2D eigenvalue weighted by molar-refractivity contribution is 7.22. The first-order chi connectivity index (χ1) is 10.6. The van der Waals surface area contributed by atoms with Crippen LogP contribution >= 0.6 is 34.5 Å². The highest BCUT2D eigenvalue weighted by Crippen LogP contribution is 2.33. The molecular weight excluding hydrogens is 343 g/mol. The fraction of sp³-hybridized carbons (Fsp3) is 0.333. The van der Waals surface area contributed by atoms with Gasteiger partial charge in [0.15, 0.2) is 10.7 Å². The van der Waals surface area contributed by atoms with Gasteiger partial charge in [-0.3, -0.25) is 4.79 Å². The number of hydrogen-bond donors (Lipinski definition) is 0. The lowest BCUT2D eigenvalue weighted by molar-refractivity contribution is 0.575. The largest absolute Gasteiger partial charge is 0.435 e. The van der Waals surface area contributed by atoms with Crippen molar-refractivity contribution in [2.24, 2.45) is 0 Å². The molecule has 0 aliphatic carbocycles. The topological polar surface area (TPSA) is 46.3 Å². The molecule has 4 nitrogen and oxygen atoms in total. The molecule has 114 valence electrons. The standard InChI is InChI=1S/C15H12Cl2N2O2S/c16-8-6-9-11(20)13-14(21-12(9)10(17)7-8)18-15(22-13)19-4-2-1-3-5-19/h6-7H,1-5H2. The van der Waals surface area contributed by atoms with Crippen LogP contribution in [0.5, 0.6) is 0 Å². The summed E-state index contributed by atoms with van der Waals surface area (Å²) in [6.45, 7) is 1.94. The molecule has 1 aliphatic rings. The molecule has 0 saturated carbocycles. The van der Waals surface area contributed by atoms with Gasteiger partial charge in [-0.15, -0.1) is 0 Å². The molecule has 0 spiro atoms. The monoisotopic (exact) mass is 354 g/mol. The van der Waals surface area contributed by atoms with Gasteiger partial charge in [0.25, 0.3) is 0 Å². The van der Waals surface area contributed by atoms with Crippen LogP contribution in [-0.4, -0.2) is 18.1 Å². The fourth-order valence-corrected chi connectivity index (χ4v) is 4.31. The van der Waals surface area contributed by atoms with Crippen molar-refractivity contribution in [3.05, 3.63) is 32.4 Å². The Labute approximate surface area is 140 Å². The summed E-state index contributed by atoms with van der Waals surface area (Å²) in [5.41, 5.74) is 0.577. The zero-order valence-corrected chi connectivity index (χ0v) is 13.9. The quantitative estimate of drug-likeness (QED) is 0.635. The average molecular weight is 355 g/mol. The Balaban J connectivity index is 1.95. The van der Waals surface area contributed by atoms with Crippen molar-refractivity contribution >= 4 is 61.1 Å². The minimum Gasteiger partial charge on any atom is -0.435 e. The minimum absolute atomic E-state index is 0.124. The van der Waals surface area contributed by atoms with Crippen LogP contribution in [0.3, 0.4) is 0 Å². The van der Waals surface area contributed by atoms with E-state index in [9.17, 15) is 4.79 Å². The van der Waals surface area contributed by atoms with Gasteiger partial charge in [0.1, 0.15) is 4.70 Å². The van der Waals surface area contributed by atoms with Crippen LogP contribution in [0, 0.1) is 0 Å². The highest BCUT2D eigenvalue weighted by Gasteiger charge is 2.20. The Bertz CT molecular complexity index is 929. The normalized spacial score (nSPS) is 15.8. The van der Waals surface area contributed by atoms with E-state index in [-0.39, 0.29) is 5.43 Å². The molecule has 3 heterocycles. The van der Waals surface area contributed by atoms with E-state index in [0.717, 1.165) is 31.1 Å². The predicted octanol–water partition coefficient (Wildman–Crippen LogP) is 4.70. The van der Waals surface area contributed by atoms with Gasteiger partial charge in [-0.2, -0.15) is 4.98 Å². The number of halogens is 2. The third-order valence-corrected chi connectivity index (χ3v) is 5.46. The second-order valence-corrected chi connectivity index (χ2v) is 7.20. The van der Waals surface area contributed by atoms with E-state index in [1.54, 1.807) is 12.1 Å². The highest BCUT2D eigenvalue weighted by atomic mass is 35.5. The molecule has 22 heavy (non-hydrogen) atoms. The fourth-order valence-electron chi connectivity index (χ4n) is 2.78. The number of thiazole rings is 1. The maximum Gasteiger partial charge on any atom is 0.243 e. The number of nitrogens with zero attached hydrogens (tertiary/aromatic N) is 2. The minimum atomic E-state index is -0.124. The van der Waals surface area contributed by atoms with Crippen molar-refractivity contribution in [3.63, 3.8) is 0 Å². The van der Waals surface area contributed by atoms with Gasteiger partial charge in [-0.05, 0) is 31.4 Å². The van der Waals surface area contributed by atoms with Gasteiger partial charge in [0.2, 0.25) is 11.1 Å². The molecule has 3 aromatic rings. The van der Waals surface area contributed by atoms with E-state index >= 15 is 0 Å². The maximum absolute atomic E-state index is 12.7. The molecule has 2 aromatic heterocycles. The summed E-state index contributed by atoms with van der Waals surface area (Å²) < 4.78 is 6.29. The Morgan fingerprint density at radius 1 is 1.18 bits per heavy atom. The van der Waals surface area contributed by atoms with Crippen LogP contribution in [0.1, 0.15) is 19.3 Å². The summed E-state index contributed by atoms with van der Waals surface area (Å²) in [5.74, 6) is 0. The van der Waals surface area contributed by atoms with Crippen molar-refractivity contribution in [2.75, 3.05) is 18.0 Å². The first-order valence-electron chi connectivity index (χ1n) is 7.11. The SMILES string of the molecule is O=c1c2cc(Cl)cc(Cl)c2oc2nc(N3CCCCC3)sc12. The molecule has 1 aromatic carbocycles. The van der Waals surface area contributed by atoms with Gasteiger partial charge in [-0.1, -0.05) is 34.5 Å². The molecule has 0 radical (unpaired) electrons. The Kier molecular flexibility index (Phi) is 3.51. The van der Waals surface area contributed by atoms with Crippen molar-refractivity contribution in [2.45, 2.75) is 19.3 Å². The zero-order chi connectivity index (χ0) is 15.3. The van der Waals surface area contributed by atoms with Crippen molar-refractivity contribution in [3.8, 4) is 0 Å². The molecule has 0 N–H and O–H groups in total. The number of fused-ring (bicyclic) bond motifs is 2. The van der Waals surface area contributed by atoms with Crippen LogP contribution in [-0.2, 0) is 0 Å². The Hall–Kier alpha value is -1.30. The molecule has 0 atom stereocenters. The van der Waals surface area contributed by atoms with Crippen molar-refractivity contribution < 1.29 is 4.42 Å². The molecule has 0 unspecified atom stereocenters. The molecule has 0 bridgehead atoms. The Morgan fingerprint density at radius 3 is 2.73 bits per heavy atom. The van der Waals surface area contributed by atoms with Crippen molar-refractivity contribution in [1.82, 2.24) is 4.98 Å². The number of anilines is 1. The lowest BCUT2D eigenvalue weighted by atomic mass is 10.1. The van der Waals surface area contributed by atoms with Crippen LogP contribution < -0.4 is 10.3 Å². The van der Waals surface area contributed by atoms with Gasteiger partial charge in [0.05, 0.1) is 10.4 Å². The molecule has 0 amide bonds. The average Bonchev–Trinajstić information content (AvgIpc) is 2.94. The van der Waals surface area contributed by atoms with Gasteiger partial charge in [-0.25, -0.2) is 0 Å². The van der Waals surface area contributed by atoms with Crippen LogP contribution in [0.2, 0.25) is 10.0 Å². The van der Waals surface area contributed by atoms with E-state index in [1.165, 1.54) is 17.8 Å². The summed E-state index contributed by atoms with van der Waals surface area (Å²) in [4.78, 5) is 19.4. The van der Waals surface area contributed by atoms with Crippen LogP contribution in [0.25, 0.3) is 21.4 Å².